The SMILES string of the molecule is Fc1c(F)c(F)c([S+](c2c(F)c(F)c(F)c(F)c2F)c2c(F)c(F)c(F)c(F)c2F)c(F)c1F. The van der Waals surface area contributed by atoms with Crippen LogP contribution in [0.1, 0.15) is 0 Å². The van der Waals surface area contributed by atoms with Crippen molar-refractivity contribution in [3.63, 3.8) is 0 Å². The first kappa shape index (κ1) is 25.6. The topological polar surface area (TPSA) is 0 Å². The van der Waals surface area contributed by atoms with E-state index in [1.807, 2.05) is 0 Å². The molecule has 0 fully saturated rings. The monoisotopic (exact) mass is 533 g/mol. The first-order valence-electron chi connectivity index (χ1n) is 7.95. The molecular weight excluding hydrogens is 533 g/mol. The predicted octanol–water partition coefficient (Wildman–Crippen LogP) is 6.87. The Balaban J connectivity index is 2.68. The van der Waals surface area contributed by atoms with Crippen molar-refractivity contribution in [3.05, 3.63) is 87.3 Å². The lowest BCUT2D eigenvalue weighted by Gasteiger charge is -2.14. The second-order valence-electron chi connectivity index (χ2n) is 6.00. The lowest BCUT2D eigenvalue weighted by molar-refractivity contribution is 0.350. The molecule has 3 aromatic rings. The molecule has 0 aliphatic carbocycles. The summed E-state index contributed by atoms with van der Waals surface area (Å²) in [5.74, 6) is -45.1. The zero-order valence-corrected chi connectivity index (χ0v) is 15.9. The molecule has 0 saturated heterocycles. The predicted molar refractivity (Wildman–Crippen MR) is 80.9 cm³/mol. The fourth-order valence-corrected chi connectivity index (χ4v) is 4.82. The molecule has 0 atom stereocenters. The van der Waals surface area contributed by atoms with Crippen molar-refractivity contribution in [3.8, 4) is 0 Å². The van der Waals surface area contributed by atoms with Gasteiger partial charge in [0, 0.05) is 0 Å². The van der Waals surface area contributed by atoms with Crippen molar-refractivity contribution in [2.45, 2.75) is 14.7 Å². The summed E-state index contributed by atoms with van der Waals surface area (Å²) in [6.07, 6.45) is 0. The highest BCUT2D eigenvalue weighted by Gasteiger charge is 2.51. The minimum absolute atomic E-state index is 2.65. The van der Waals surface area contributed by atoms with Gasteiger partial charge in [-0.25, -0.2) is 39.5 Å². The molecule has 0 heterocycles. The number of hydrogen-bond acceptors (Lipinski definition) is 0. The van der Waals surface area contributed by atoms with Gasteiger partial charge in [-0.1, -0.05) is 0 Å². The Morgan fingerprint density at radius 3 is 0.471 bits per heavy atom. The summed E-state index contributed by atoms with van der Waals surface area (Å²) in [6.45, 7) is 0. The Labute approximate surface area is 179 Å². The van der Waals surface area contributed by atoms with Gasteiger partial charge in [-0.05, 0) is 0 Å². The highest BCUT2D eigenvalue weighted by Crippen LogP contribution is 2.43. The standard InChI is InChI=1S/C18F15S/c19-1-4(22)10(28)16(11(29)5(1)23)34(17-12(30)6(24)2(20)7(25)13(17)31)18-14(32)8(26)3(21)9(27)15(18)33/q+1. The molecule has 0 bridgehead atoms. The lowest BCUT2D eigenvalue weighted by Crippen LogP contribution is -2.22. The molecule has 0 N–H and O–H groups in total. The van der Waals surface area contributed by atoms with Crippen LogP contribution in [0.4, 0.5) is 65.9 Å². The summed E-state index contributed by atoms with van der Waals surface area (Å²) >= 11 is 0. The van der Waals surface area contributed by atoms with Crippen LogP contribution >= 0.6 is 0 Å². The molecule has 3 aromatic carbocycles. The maximum Gasteiger partial charge on any atom is 0.244 e. The summed E-state index contributed by atoms with van der Waals surface area (Å²) in [4.78, 5) is -7.95. The maximum atomic E-state index is 14.4. The number of halogens is 15. The van der Waals surface area contributed by atoms with Crippen molar-refractivity contribution >= 4 is 10.9 Å². The van der Waals surface area contributed by atoms with Crippen LogP contribution in [0.3, 0.4) is 0 Å². The lowest BCUT2D eigenvalue weighted by atomic mass is 10.3. The fourth-order valence-electron chi connectivity index (χ4n) is 2.60. The average Bonchev–Trinajstić information content (AvgIpc) is 2.81. The van der Waals surface area contributed by atoms with Gasteiger partial charge in [0.1, 0.15) is 10.9 Å². The molecule has 0 amide bonds. The summed E-state index contributed by atoms with van der Waals surface area (Å²) in [7, 11) is -4.36. The molecule has 0 aliphatic heterocycles. The van der Waals surface area contributed by atoms with Gasteiger partial charge in [0.15, 0.2) is 0 Å². The van der Waals surface area contributed by atoms with E-state index < -0.39 is 113 Å². The Morgan fingerprint density at radius 2 is 0.324 bits per heavy atom. The fraction of sp³-hybridized carbons (Fsp3) is 0. The summed E-state index contributed by atoms with van der Waals surface area (Å²) in [5.41, 5.74) is 0. The highest BCUT2D eigenvalue weighted by atomic mass is 32.2. The molecule has 3 rings (SSSR count). The van der Waals surface area contributed by atoms with Gasteiger partial charge in [-0.15, -0.1) is 0 Å². The van der Waals surface area contributed by atoms with Gasteiger partial charge in [-0.3, -0.25) is 0 Å². The van der Waals surface area contributed by atoms with E-state index in [2.05, 4.69) is 0 Å². The van der Waals surface area contributed by atoms with E-state index in [1.54, 1.807) is 0 Å². The molecule has 34 heavy (non-hydrogen) atoms. The van der Waals surface area contributed by atoms with Crippen LogP contribution < -0.4 is 0 Å². The van der Waals surface area contributed by atoms with Crippen molar-refractivity contribution in [2.24, 2.45) is 0 Å². The third kappa shape index (κ3) is 3.45. The molecule has 0 radical (unpaired) electrons. The van der Waals surface area contributed by atoms with Crippen LogP contribution in [-0.2, 0) is 10.9 Å². The number of benzene rings is 3. The van der Waals surface area contributed by atoms with E-state index in [4.69, 9.17) is 0 Å². The quantitative estimate of drug-likeness (QED) is 0.149. The third-order valence-electron chi connectivity index (χ3n) is 4.12. The largest absolute Gasteiger partial charge is 0.244 e. The summed E-state index contributed by atoms with van der Waals surface area (Å²) in [5, 5.41) is 0. The van der Waals surface area contributed by atoms with Gasteiger partial charge in [0.2, 0.25) is 102 Å². The van der Waals surface area contributed by atoms with Crippen LogP contribution in [0.15, 0.2) is 14.7 Å². The first-order chi connectivity index (χ1) is 15.7. The van der Waals surface area contributed by atoms with Crippen LogP contribution in [0.5, 0.6) is 0 Å². The third-order valence-corrected chi connectivity index (χ3v) is 6.42. The van der Waals surface area contributed by atoms with E-state index in [9.17, 15) is 65.9 Å². The number of rotatable bonds is 3. The summed E-state index contributed by atoms with van der Waals surface area (Å²) in [6, 6.07) is 0. The minimum atomic E-state index is -4.36. The molecule has 0 aliphatic rings. The Bertz CT molecular complexity index is 1110. The smallest absolute Gasteiger partial charge is 0.200 e. The zero-order chi connectivity index (χ0) is 26.0. The van der Waals surface area contributed by atoms with Gasteiger partial charge < -0.3 is 0 Å². The Kier molecular flexibility index (Phi) is 6.49. The molecule has 0 nitrogen and oxygen atoms in total. The van der Waals surface area contributed by atoms with E-state index >= 15 is 0 Å². The molecule has 0 aromatic heterocycles. The van der Waals surface area contributed by atoms with Crippen molar-refractivity contribution < 1.29 is 65.9 Å². The highest BCUT2D eigenvalue weighted by molar-refractivity contribution is 7.97. The van der Waals surface area contributed by atoms with Gasteiger partial charge >= 0.3 is 0 Å². The van der Waals surface area contributed by atoms with Crippen molar-refractivity contribution in [1.29, 1.82) is 0 Å². The van der Waals surface area contributed by atoms with Crippen LogP contribution in [0.2, 0.25) is 0 Å². The molecule has 0 unspecified atom stereocenters. The second-order valence-corrected chi connectivity index (χ2v) is 7.84. The van der Waals surface area contributed by atoms with Crippen LogP contribution in [-0.4, -0.2) is 0 Å². The minimum Gasteiger partial charge on any atom is -0.200 e. The van der Waals surface area contributed by atoms with E-state index in [0.717, 1.165) is 0 Å². The van der Waals surface area contributed by atoms with E-state index in [0.29, 0.717) is 0 Å². The van der Waals surface area contributed by atoms with Crippen LogP contribution in [0.25, 0.3) is 0 Å². The Morgan fingerprint density at radius 1 is 0.206 bits per heavy atom. The zero-order valence-electron chi connectivity index (χ0n) is 15.1. The normalized spacial score (nSPS) is 11.6. The average molecular weight is 533 g/mol. The molecule has 0 saturated carbocycles. The second kappa shape index (κ2) is 8.63. The first-order valence-corrected chi connectivity index (χ1v) is 9.17. The van der Waals surface area contributed by atoms with Gasteiger partial charge in [0.25, 0.3) is 0 Å². The van der Waals surface area contributed by atoms with Gasteiger partial charge in [-0.2, -0.15) is 26.3 Å². The Hall–Kier alpha value is -3.04. The molecule has 0 spiro atoms. The molecule has 16 heteroatoms. The van der Waals surface area contributed by atoms with Crippen molar-refractivity contribution in [1.82, 2.24) is 0 Å². The summed E-state index contributed by atoms with van der Waals surface area (Å²) < 4.78 is 209. The van der Waals surface area contributed by atoms with E-state index in [1.165, 1.54) is 0 Å². The molecule has 182 valence electrons. The van der Waals surface area contributed by atoms with E-state index in [-0.39, 0.29) is 0 Å². The number of hydrogen-bond donors (Lipinski definition) is 0. The van der Waals surface area contributed by atoms with Gasteiger partial charge in [0.05, 0.1) is 0 Å². The molecular formula is C18F15S+. The maximum absolute atomic E-state index is 14.4. The van der Waals surface area contributed by atoms with Crippen molar-refractivity contribution in [2.75, 3.05) is 0 Å². The van der Waals surface area contributed by atoms with Crippen LogP contribution in [0, 0.1) is 87.3 Å².